The van der Waals surface area contributed by atoms with Gasteiger partial charge in [-0.05, 0) is 42.8 Å². The summed E-state index contributed by atoms with van der Waals surface area (Å²) in [5.41, 5.74) is 2.67. The summed E-state index contributed by atoms with van der Waals surface area (Å²) in [6.07, 6.45) is 1.60. The van der Waals surface area contributed by atoms with Crippen LogP contribution in [0.2, 0.25) is 0 Å². The van der Waals surface area contributed by atoms with E-state index >= 15 is 0 Å². The predicted molar refractivity (Wildman–Crippen MR) is 87.3 cm³/mol. The van der Waals surface area contributed by atoms with Crippen molar-refractivity contribution in [3.8, 4) is 11.3 Å². The Morgan fingerprint density at radius 1 is 1.10 bits per heavy atom. The summed E-state index contributed by atoms with van der Waals surface area (Å²) in [6.45, 7) is 2.10. The second-order valence-corrected chi connectivity index (χ2v) is 5.91. The van der Waals surface area contributed by atoms with Crippen LogP contribution in [0, 0.1) is 6.92 Å². The van der Waals surface area contributed by atoms with Gasteiger partial charge < -0.3 is 0 Å². The minimum Gasteiger partial charge on any atom is -0.256 e. The van der Waals surface area contributed by atoms with Gasteiger partial charge in [-0.15, -0.1) is 11.3 Å². The van der Waals surface area contributed by atoms with Gasteiger partial charge in [0.1, 0.15) is 0 Å². The standard InChI is InChI=1S/C18H13NS/c1-12-10-13(15-7-4-5-9-19-15)11-17-18(12)14-6-2-3-8-16(14)20-17/h2-11H,1H3/i4D,7D. The summed E-state index contributed by atoms with van der Waals surface area (Å²) >= 11 is 1.76. The minimum atomic E-state index is 0.183. The van der Waals surface area contributed by atoms with E-state index < -0.39 is 0 Å². The summed E-state index contributed by atoms with van der Waals surface area (Å²) in [6, 6.07) is 14.5. The first-order valence-electron chi connectivity index (χ1n) is 7.49. The Morgan fingerprint density at radius 3 is 2.95 bits per heavy atom. The first kappa shape index (κ1) is 9.67. The molecule has 1 nitrogen and oxygen atoms in total. The van der Waals surface area contributed by atoms with Crippen LogP contribution in [-0.4, -0.2) is 4.98 Å². The van der Waals surface area contributed by atoms with E-state index in [0.717, 1.165) is 5.56 Å². The second-order valence-electron chi connectivity index (χ2n) is 4.83. The molecule has 0 saturated heterocycles. The molecule has 96 valence electrons. The molecular weight excluding hydrogens is 262 g/mol. The number of hydrogen-bond acceptors (Lipinski definition) is 2. The van der Waals surface area contributed by atoms with Gasteiger partial charge in [0, 0.05) is 31.9 Å². The molecule has 2 heteroatoms. The zero-order chi connectivity index (χ0) is 15.3. The number of thiophene rings is 1. The van der Waals surface area contributed by atoms with Crippen LogP contribution in [-0.2, 0) is 0 Å². The van der Waals surface area contributed by atoms with Gasteiger partial charge in [-0.2, -0.15) is 0 Å². The summed E-state index contributed by atoms with van der Waals surface area (Å²) in [5.74, 6) is 0. The quantitative estimate of drug-likeness (QED) is 0.452. The SMILES string of the molecule is [2H]c1ccnc(-c2cc(C)c3c(c2)sc2ccccc23)c1[2H]. The first-order valence-corrected chi connectivity index (χ1v) is 7.31. The fraction of sp³-hybridized carbons (Fsp3) is 0.0556. The number of hydrogen-bond donors (Lipinski definition) is 0. The molecule has 0 fully saturated rings. The van der Waals surface area contributed by atoms with Gasteiger partial charge in [-0.3, -0.25) is 4.98 Å². The number of benzene rings is 2. The topological polar surface area (TPSA) is 12.9 Å². The van der Waals surface area contributed by atoms with Crippen molar-refractivity contribution in [1.82, 2.24) is 4.98 Å². The van der Waals surface area contributed by atoms with E-state index in [9.17, 15) is 0 Å². The highest BCUT2D eigenvalue weighted by Crippen LogP contribution is 2.38. The molecule has 2 aromatic heterocycles. The number of nitrogens with zero attached hydrogens (tertiary/aromatic N) is 1. The fourth-order valence-electron chi connectivity index (χ4n) is 2.64. The Bertz CT molecular complexity index is 1020. The van der Waals surface area contributed by atoms with Crippen molar-refractivity contribution in [3.63, 3.8) is 0 Å². The lowest BCUT2D eigenvalue weighted by Gasteiger charge is -2.04. The summed E-state index contributed by atoms with van der Waals surface area (Å²) in [7, 11) is 0. The van der Waals surface area contributed by atoms with Crippen LogP contribution in [0.3, 0.4) is 0 Å². The maximum absolute atomic E-state index is 8.07. The van der Waals surface area contributed by atoms with Gasteiger partial charge in [0.2, 0.25) is 0 Å². The van der Waals surface area contributed by atoms with E-state index in [1.165, 1.54) is 25.7 Å². The molecule has 0 aliphatic carbocycles. The Morgan fingerprint density at radius 2 is 2.00 bits per heavy atom. The van der Waals surface area contributed by atoms with Crippen LogP contribution in [0.15, 0.2) is 60.7 Å². The Hall–Kier alpha value is -2.19. The Labute approximate surface area is 124 Å². The molecule has 0 aliphatic rings. The summed E-state index contributed by atoms with van der Waals surface area (Å²) in [4.78, 5) is 4.31. The lowest BCUT2D eigenvalue weighted by molar-refractivity contribution is 1.33. The van der Waals surface area contributed by atoms with Crippen molar-refractivity contribution in [1.29, 1.82) is 0 Å². The van der Waals surface area contributed by atoms with Gasteiger partial charge >= 0.3 is 0 Å². The summed E-state index contributed by atoms with van der Waals surface area (Å²) in [5, 5.41) is 2.55. The van der Waals surface area contributed by atoms with Gasteiger partial charge in [-0.1, -0.05) is 24.2 Å². The largest absolute Gasteiger partial charge is 0.256 e. The highest BCUT2D eigenvalue weighted by molar-refractivity contribution is 7.25. The number of aryl methyl sites for hydroxylation is 1. The normalized spacial score (nSPS) is 12.7. The van der Waals surface area contributed by atoms with E-state index in [1.54, 1.807) is 23.6 Å². The van der Waals surface area contributed by atoms with Crippen molar-refractivity contribution >= 4 is 31.5 Å². The molecule has 20 heavy (non-hydrogen) atoms. The van der Waals surface area contributed by atoms with Crippen LogP contribution in [0.25, 0.3) is 31.4 Å². The third kappa shape index (κ3) is 1.73. The molecule has 0 atom stereocenters. The molecule has 0 N–H and O–H groups in total. The molecule has 0 spiro atoms. The molecule has 0 unspecified atom stereocenters. The number of fused-ring (bicyclic) bond motifs is 3. The number of pyridine rings is 1. The van der Waals surface area contributed by atoms with Crippen LogP contribution >= 0.6 is 11.3 Å². The van der Waals surface area contributed by atoms with E-state index in [1.807, 2.05) is 0 Å². The molecule has 4 rings (SSSR count). The van der Waals surface area contributed by atoms with Crippen LogP contribution < -0.4 is 0 Å². The Balaban J connectivity index is 2.05. The van der Waals surface area contributed by atoms with E-state index in [2.05, 4.69) is 48.3 Å². The van der Waals surface area contributed by atoms with Crippen molar-refractivity contribution in [2.75, 3.05) is 0 Å². The van der Waals surface area contributed by atoms with Gasteiger partial charge in [0.05, 0.1) is 8.44 Å². The average molecular weight is 277 g/mol. The molecule has 2 aromatic carbocycles. The lowest BCUT2D eigenvalue weighted by atomic mass is 10.0. The van der Waals surface area contributed by atoms with Gasteiger partial charge in [-0.25, -0.2) is 0 Å². The molecule has 0 aliphatic heterocycles. The molecule has 0 amide bonds. The molecule has 0 bridgehead atoms. The summed E-state index contributed by atoms with van der Waals surface area (Å²) < 4.78 is 18.3. The van der Waals surface area contributed by atoms with Crippen LogP contribution in [0.5, 0.6) is 0 Å². The average Bonchev–Trinajstić information content (AvgIpc) is 2.88. The third-order valence-corrected chi connectivity index (χ3v) is 4.62. The predicted octanol–water partition coefficient (Wildman–Crippen LogP) is 5.42. The molecule has 2 heterocycles. The zero-order valence-electron chi connectivity index (χ0n) is 13.0. The highest BCUT2D eigenvalue weighted by atomic mass is 32.1. The van der Waals surface area contributed by atoms with Crippen molar-refractivity contribution in [2.24, 2.45) is 0 Å². The maximum Gasteiger partial charge on any atom is 0.0702 e. The molecule has 0 saturated carbocycles. The highest BCUT2D eigenvalue weighted by Gasteiger charge is 2.09. The van der Waals surface area contributed by atoms with Crippen molar-refractivity contribution in [3.05, 3.63) is 66.3 Å². The minimum absolute atomic E-state index is 0.183. The smallest absolute Gasteiger partial charge is 0.0702 e. The second kappa shape index (κ2) is 4.43. The van der Waals surface area contributed by atoms with Crippen molar-refractivity contribution < 1.29 is 2.74 Å². The Kier molecular flexibility index (Phi) is 2.14. The molecule has 4 aromatic rings. The van der Waals surface area contributed by atoms with E-state index in [-0.39, 0.29) is 12.1 Å². The number of rotatable bonds is 1. The van der Waals surface area contributed by atoms with E-state index in [4.69, 9.17) is 2.74 Å². The number of aromatic nitrogens is 1. The van der Waals surface area contributed by atoms with Gasteiger partial charge in [0.15, 0.2) is 0 Å². The van der Waals surface area contributed by atoms with Crippen molar-refractivity contribution in [2.45, 2.75) is 6.92 Å². The van der Waals surface area contributed by atoms with Gasteiger partial charge in [0.25, 0.3) is 0 Å². The zero-order valence-corrected chi connectivity index (χ0v) is 11.8. The monoisotopic (exact) mass is 277 g/mol. The third-order valence-electron chi connectivity index (χ3n) is 3.50. The first-order chi connectivity index (χ1) is 10.6. The van der Waals surface area contributed by atoms with Crippen LogP contribution in [0.1, 0.15) is 8.30 Å². The molecule has 0 radical (unpaired) electrons. The molecular formula is C18H13NS. The maximum atomic E-state index is 8.07. The lowest BCUT2D eigenvalue weighted by Crippen LogP contribution is -1.83. The van der Waals surface area contributed by atoms with Crippen LogP contribution in [0.4, 0.5) is 0 Å². The fourth-order valence-corrected chi connectivity index (χ4v) is 3.86. The van der Waals surface area contributed by atoms with E-state index in [0.29, 0.717) is 5.69 Å².